The second kappa shape index (κ2) is 9.00. The van der Waals surface area contributed by atoms with E-state index in [-0.39, 0.29) is 35.4 Å². The number of nitrogens with one attached hydrogen (secondary N) is 3. The number of nitrogens with two attached hydrogens (primary N) is 1. The van der Waals surface area contributed by atoms with Gasteiger partial charge in [0.15, 0.2) is 17.2 Å². The minimum atomic E-state index is -0.216. The van der Waals surface area contributed by atoms with Crippen molar-refractivity contribution < 1.29 is 4.79 Å². The topological polar surface area (TPSA) is 155 Å². The van der Waals surface area contributed by atoms with E-state index in [0.29, 0.717) is 17.3 Å². The molecule has 0 bridgehead atoms. The highest BCUT2D eigenvalue weighted by atomic mass is 16.2. The van der Waals surface area contributed by atoms with Crippen molar-refractivity contribution >= 4 is 23.2 Å². The Bertz CT molecular complexity index is 928. The highest BCUT2D eigenvalue weighted by Gasteiger charge is 2.25. The number of aromatic nitrogens is 4. The van der Waals surface area contributed by atoms with E-state index in [1.165, 1.54) is 12.4 Å². The van der Waals surface area contributed by atoms with Crippen LogP contribution in [-0.2, 0) is 0 Å². The maximum atomic E-state index is 12.8. The Morgan fingerprint density at radius 2 is 1.83 bits per heavy atom. The number of carbonyl (C=O) groups excluding carboxylic acids is 1. The van der Waals surface area contributed by atoms with E-state index in [4.69, 9.17) is 11.0 Å². The van der Waals surface area contributed by atoms with Gasteiger partial charge < -0.3 is 21.7 Å². The molecule has 0 spiro atoms. The quantitative estimate of drug-likeness (QED) is 0.561. The molecule has 5 N–H and O–H groups in total. The molecule has 0 atom stereocenters. The van der Waals surface area contributed by atoms with E-state index in [1.807, 2.05) is 6.07 Å². The predicted molar refractivity (Wildman–Crippen MR) is 111 cm³/mol. The molecule has 0 aromatic carbocycles. The summed E-state index contributed by atoms with van der Waals surface area (Å²) >= 11 is 0. The van der Waals surface area contributed by atoms with Crippen LogP contribution in [0.2, 0.25) is 0 Å². The van der Waals surface area contributed by atoms with Crippen LogP contribution in [0.25, 0.3) is 0 Å². The number of amides is 1. The van der Waals surface area contributed by atoms with Crippen molar-refractivity contribution in [3.63, 3.8) is 0 Å². The first-order valence-electron chi connectivity index (χ1n) is 10.3. The molecular weight excluding hydrogens is 382 g/mol. The lowest BCUT2D eigenvalue weighted by Gasteiger charge is -2.29. The van der Waals surface area contributed by atoms with Gasteiger partial charge >= 0.3 is 0 Å². The number of anilines is 3. The first-order valence-corrected chi connectivity index (χ1v) is 10.3. The third-order valence-electron chi connectivity index (χ3n) is 5.60. The maximum Gasteiger partial charge on any atom is 0.274 e. The van der Waals surface area contributed by atoms with Gasteiger partial charge in [-0.15, -0.1) is 10.2 Å². The lowest BCUT2D eigenvalue weighted by molar-refractivity contribution is 0.0911. The zero-order valence-electron chi connectivity index (χ0n) is 16.6. The van der Waals surface area contributed by atoms with Gasteiger partial charge in [-0.2, -0.15) is 5.26 Å². The summed E-state index contributed by atoms with van der Waals surface area (Å²) in [6.07, 6.45) is 9.75. The molecule has 10 heteroatoms. The van der Waals surface area contributed by atoms with E-state index in [2.05, 4.69) is 36.1 Å². The smallest absolute Gasteiger partial charge is 0.274 e. The van der Waals surface area contributed by atoms with Crippen molar-refractivity contribution in [2.45, 2.75) is 63.1 Å². The van der Waals surface area contributed by atoms with Crippen molar-refractivity contribution in [3.05, 3.63) is 29.8 Å². The maximum absolute atomic E-state index is 12.8. The average Bonchev–Trinajstić information content (AvgIpc) is 2.73. The molecule has 2 aliphatic carbocycles. The number of rotatable bonds is 6. The van der Waals surface area contributed by atoms with Gasteiger partial charge in [-0.05, 0) is 44.9 Å². The van der Waals surface area contributed by atoms with E-state index < -0.39 is 0 Å². The Kier molecular flexibility index (Phi) is 5.99. The molecule has 2 saturated carbocycles. The fraction of sp³-hybridized carbons (Fsp3) is 0.500. The molecule has 2 heterocycles. The van der Waals surface area contributed by atoms with Gasteiger partial charge in [0, 0.05) is 24.2 Å². The highest BCUT2D eigenvalue weighted by Crippen LogP contribution is 2.26. The SMILES string of the molecule is N#Cc1cnc(Nc2cc(NC3CCC(N)CC3)c(C(=O)NC3CCC3)nn2)cn1. The summed E-state index contributed by atoms with van der Waals surface area (Å²) < 4.78 is 0. The van der Waals surface area contributed by atoms with Crippen LogP contribution in [0.4, 0.5) is 17.3 Å². The van der Waals surface area contributed by atoms with Crippen molar-refractivity contribution in [2.75, 3.05) is 10.6 Å². The summed E-state index contributed by atoms with van der Waals surface area (Å²) in [4.78, 5) is 20.9. The first-order chi connectivity index (χ1) is 14.6. The molecule has 4 rings (SSSR count). The minimum Gasteiger partial charge on any atom is -0.380 e. The molecule has 0 unspecified atom stereocenters. The molecule has 2 fully saturated rings. The Labute approximate surface area is 174 Å². The minimum absolute atomic E-state index is 0.214. The Morgan fingerprint density at radius 3 is 2.47 bits per heavy atom. The standard InChI is InChI=1S/C20H25N9O/c21-9-15-10-24-18(11-23-15)27-17-8-16(25-14-6-4-12(22)5-7-14)19(29-28-17)20(30)26-13-2-1-3-13/h8,10-14H,1-7,22H2,(H,26,30)(H2,24,25,27,28). The van der Waals surface area contributed by atoms with Gasteiger partial charge in [0.25, 0.3) is 5.91 Å². The molecule has 2 aromatic rings. The highest BCUT2D eigenvalue weighted by molar-refractivity contribution is 5.98. The van der Waals surface area contributed by atoms with Crippen molar-refractivity contribution in [3.8, 4) is 6.07 Å². The fourth-order valence-electron chi connectivity index (χ4n) is 3.60. The number of nitriles is 1. The second-order valence-electron chi connectivity index (χ2n) is 7.87. The molecule has 0 saturated heterocycles. The third kappa shape index (κ3) is 4.80. The van der Waals surface area contributed by atoms with E-state index >= 15 is 0 Å². The second-order valence-corrected chi connectivity index (χ2v) is 7.87. The molecule has 1 amide bonds. The van der Waals surface area contributed by atoms with Crippen LogP contribution in [0.5, 0.6) is 0 Å². The molecule has 2 aliphatic rings. The zero-order valence-corrected chi connectivity index (χ0v) is 16.6. The summed E-state index contributed by atoms with van der Waals surface area (Å²) in [5.41, 5.74) is 7.16. The van der Waals surface area contributed by atoms with Crippen LogP contribution >= 0.6 is 0 Å². The number of hydrogen-bond donors (Lipinski definition) is 4. The fourth-order valence-corrected chi connectivity index (χ4v) is 3.60. The van der Waals surface area contributed by atoms with E-state index in [1.54, 1.807) is 6.07 Å². The Balaban J connectivity index is 1.54. The van der Waals surface area contributed by atoms with Crippen LogP contribution in [0.3, 0.4) is 0 Å². The number of nitrogens with zero attached hydrogens (tertiary/aromatic N) is 5. The molecule has 156 valence electrons. The normalized spacial score (nSPS) is 21.2. The molecule has 2 aromatic heterocycles. The lowest BCUT2D eigenvalue weighted by atomic mass is 9.91. The summed E-state index contributed by atoms with van der Waals surface area (Å²) in [6, 6.07) is 4.37. The third-order valence-corrected chi connectivity index (χ3v) is 5.60. The molecular formula is C20H25N9O. The van der Waals surface area contributed by atoms with E-state index in [0.717, 1.165) is 44.9 Å². The average molecular weight is 407 g/mol. The first kappa shape index (κ1) is 20.0. The van der Waals surface area contributed by atoms with Crippen LogP contribution in [0.15, 0.2) is 18.5 Å². The zero-order chi connectivity index (χ0) is 20.9. The van der Waals surface area contributed by atoms with Gasteiger partial charge in [0.2, 0.25) is 0 Å². The van der Waals surface area contributed by atoms with Gasteiger partial charge in [-0.1, -0.05) is 0 Å². The van der Waals surface area contributed by atoms with Crippen LogP contribution in [-0.4, -0.2) is 44.2 Å². The largest absolute Gasteiger partial charge is 0.380 e. The Morgan fingerprint density at radius 1 is 1.03 bits per heavy atom. The predicted octanol–water partition coefficient (Wildman–Crippen LogP) is 1.85. The van der Waals surface area contributed by atoms with Gasteiger partial charge in [0.1, 0.15) is 11.9 Å². The molecule has 10 nitrogen and oxygen atoms in total. The molecule has 30 heavy (non-hydrogen) atoms. The summed E-state index contributed by atoms with van der Waals surface area (Å²) in [5.74, 6) is 0.653. The monoisotopic (exact) mass is 407 g/mol. The van der Waals surface area contributed by atoms with Crippen LogP contribution < -0.4 is 21.7 Å². The van der Waals surface area contributed by atoms with Gasteiger partial charge in [-0.3, -0.25) is 4.79 Å². The van der Waals surface area contributed by atoms with Gasteiger partial charge in [0.05, 0.1) is 18.1 Å². The molecule has 0 aliphatic heterocycles. The summed E-state index contributed by atoms with van der Waals surface area (Å²) in [7, 11) is 0. The lowest BCUT2D eigenvalue weighted by Crippen LogP contribution is -2.40. The van der Waals surface area contributed by atoms with Gasteiger partial charge in [-0.25, -0.2) is 9.97 Å². The van der Waals surface area contributed by atoms with Crippen LogP contribution in [0, 0.1) is 11.3 Å². The summed E-state index contributed by atoms with van der Waals surface area (Å²) in [5, 5.41) is 26.7. The van der Waals surface area contributed by atoms with Crippen molar-refractivity contribution in [1.29, 1.82) is 5.26 Å². The Hall–Kier alpha value is -3.32. The number of carbonyl (C=O) groups is 1. The van der Waals surface area contributed by atoms with Crippen molar-refractivity contribution in [2.24, 2.45) is 5.73 Å². The summed E-state index contributed by atoms with van der Waals surface area (Å²) in [6.45, 7) is 0. The molecule has 0 radical (unpaired) electrons. The van der Waals surface area contributed by atoms with E-state index in [9.17, 15) is 4.79 Å². The van der Waals surface area contributed by atoms with Crippen molar-refractivity contribution in [1.82, 2.24) is 25.5 Å². The number of hydrogen-bond acceptors (Lipinski definition) is 9. The van der Waals surface area contributed by atoms with Crippen LogP contribution in [0.1, 0.15) is 61.1 Å².